The summed E-state index contributed by atoms with van der Waals surface area (Å²) in [4.78, 5) is 4.45. The van der Waals surface area contributed by atoms with Crippen LogP contribution in [0, 0.1) is 6.92 Å². The lowest BCUT2D eigenvalue weighted by Crippen LogP contribution is -2.45. The molecule has 1 saturated heterocycles. The molecule has 108 valence electrons. The maximum Gasteiger partial charge on any atom is 0.213 e. The monoisotopic (exact) mass is 303 g/mol. The van der Waals surface area contributed by atoms with Crippen LogP contribution in [-0.2, 0) is 16.6 Å². The third kappa shape index (κ3) is 5.19. The van der Waals surface area contributed by atoms with E-state index in [1.165, 1.54) is 4.88 Å². The minimum atomic E-state index is -3.18. The number of hydrogen-bond acceptors (Lipinski definition) is 5. The molecule has 1 fully saturated rings. The molecule has 1 aromatic heterocycles. The van der Waals surface area contributed by atoms with Gasteiger partial charge in [-0.15, -0.1) is 11.3 Å². The van der Waals surface area contributed by atoms with Crippen molar-refractivity contribution in [2.75, 3.05) is 38.5 Å². The van der Waals surface area contributed by atoms with Crippen LogP contribution in [0.2, 0.25) is 0 Å². The highest BCUT2D eigenvalue weighted by Crippen LogP contribution is 2.14. The molecule has 0 saturated carbocycles. The van der Waals surface area contributed by atoms with Crippen LogP contribution in [0.25, 0.3) is 0 Å². The quantitative estimate of drug-likeness (QED) is 0.798. The molecule has 1 aliphatic rings. The Balaban J connectivity index is 1.75. The molecule has 0 bridgehead atoms. The zero-order valence-electron chi connectivity index (χ0n) is 11.2. The predicted molar refractivity (Wildman–Crippen MR) is 79.0 cm³/mol. The van der Waals surface area contributed by atoms with E-state index < -0.39 is 10.0 Å². The fourth-order valence-corrected chi connectivity index (χ4v) is 3.96. The molecule has 0 radical (unpaired) electrons. The van der Waals surface area contributed by atoms with Crippen LogP contribution >= 0.6 is 11.3 Å². The molecule has 5 nitrogen and oxygen atoms in total. The lowest BCUT2D eigenvalue weighted by Gasteiger charge is -2.26. The molecule has 19 heavy (non-hydrogen) atoms. The molecule has 0 unspecified atom stereocenters. The Bertz CT molecular complexity index is 493. The molecule has 2 N–H and O–H groups in total. The van der Waals surface area contributed by atoms with Crippen molar-refractivity contribution in [3.05, 3.63) is 21.9 Å². The van der Waals surface area contributed by atoms with Gasteiger partial charge >= 0.3 is 0 Å². The van der Waals surface area contributed by atoms with Gasteiger partial charge in [-0.2, -0.15) is 0 Å². The van der Waals surface area contributed by atoms with Crippen LogP contribution in [0.4, 0.5) is 0 Å². The topological polar surface area (TPSA) is 61.4 Å². The summed E-state index contributed by atoms with van der Waals surface area (Å²) in [7, 11) is -3.18. The fraction of sp³-hybridized carbons (Fsp3) is 0.667. The first-order valence-corrected chi connectivity index (χ1v) is 8.98. The summed E-state index contributed by atoms with van der Waals surface area (Å²) in [5.41, 5.74) is 0. The maximum atomic E-state index is 11.9. The number of aryl methyl sites for hydroxylation is 1. The predicted octanol–water partition coefficient (Wildman–Crippen LogP) is 0.381. The second-order valence-corrected chi connectivity index (χ2v) is 8.04. The van der Waals surface area contributed by atoms with Gasteiger partial charge in [-0.25, -0.2) is 13.1 Å². The van der Waals surface area contributed by atoms with Gasteiger partial charge in [0.2, 0.25) is 10.0 Å². The van der Waals surface area contributed by atoms with Gasteiger partial charge in [0.1, 0.15) is 0 Å². The van der Waals surface area contributed by atoms with Crippen molar-refractivity contribution in [3.8, 4) is 0 Å². The zero-order valence-corrected chi connectivity index (χ0v) is 12.8. The van der Waals surface area contributed by atoms with Crippen LogP contribution in [0.3, 0.4) is 0 Å². The Labute approximate surface area is 119 Å². The molecule has 0 aliphatic carbocycles. The summed E-state index contributed by atoms with van der Waals surface area (Å²) >= 11 is 1.63. The standard InChI is InChI=1S/C12H21N3O2S2/c1-11-2-3-12(18-11)10-14-19(16,17)9-8-15-6-4-13-5-7-15/h2-3,13-14H,4-10H2,1H3. The summed E-state index contributed by atoms with van der Waals surface area (Å²) < 4.78 is 26.5. The third-order valence-corrected chi connectivity index (χ3v) is 5.45. The van der Waals surface area contributed by atoms with E-state index in [2.05, 4.69) is 14.9 Å². The Morgan fingerprint density at radius 2 is 2.11 bits per heavy atom. The van der Waals surface area contributed by atoms with E-state index in [-0.39, 0.29) is 5.75 Å². The summed E-state index contributed by atoms with van der Waals surface area (Å²) in [6.07, 6.45) is 0. The van der Waals surface area contributed by atoms with E-state index in [0.717, 1.165) is 31.1 Å². The number of nitrogens with zero attached hydrogens (tertiary/aromatic N) is 1. The van der Waals surface area contributed by atoms with E-state index in [1.54, 1.807) is 11.3 Å². The molecule has 0 aromatic carbocycles. The molecular formula is C12H21N3O2S2. The van der Waals surface area contributed by atoms with E-state index in [4.69, 9.17) is 0 Å². The van der Waals surface area contributed by atoms with Crippen molar-refractivity contribution in [1.29, 1.82) is 0 Å². The molecule has 1 aliphatic heterocycles. The third-order valence-electron chi connectivity index (χ3n) is 3.15. The van der Waals surface area contributed by atoms with Crippen LogP contribution in [-0.4, -0.2) is 51.8 Å². The van der Waals surface area contributed by atoms with Gasteiger partial charge in [0.25, 0.3) is 0 Å². The van der Waals surface area contributed by atoms with Crippen LogP contribution in [0.1, 0.15) is 9.75 Å². The molecule has 2 heterocycles. The highest BCUT2D eigenvalue weighted by atomic mass is 32.2. The van der Waals surface area contributed by atoms with E-state index >= 15 is 0 Å². The summed E-state index contributed by atoms with van der Waals surface area (Å²) in [5, 5.41) is 3.26. The van der Waals surface area contributed by atoms with Crippen molar-refractivity contribution in [3.63, 3.8) is 0 Å². The fourth-order valence-electron chi connectivity index (χ4n) is 2.02. The Kier molecular flexibility index (Phi) is 5.35. The molecule has 0 amide bonds. The van der Waals surface area contributed by atoms with E-state index in [1.807, 2.05) is 19.1 Å². The molecule has 7 heteroatoms. The van der Waals surface area contributed by atoms with Crippen molar-refractivity contribution in [2.45, 2.75) is 13.5 Å². The number of hydrogen-bond donors (Lipinski definition) is 2. The van der Waals surface area contributed by atoms with Gasteiger partial charge in [0, 0.05) is 49.0 Å². The first-order valence-electron chi connectivity index (χ1n) is 6.51. The summed E-state index contributed by atoms with van der Waals surface area (Å²) in [6, 6.07) is 3.98. The van der Waals surface area contributed by atoms with Crippen molar-refractivity contribution < 1.29 is 8.42 Å². The molecular weight excluding hydrogens is 282 g/mol. The summed E-state index contributed by atoms with van der Waals surface area (Å²) in [5.74, 6) is 0.178. The van der Waals surface area contributed by atoms with Gasteiger partial charge < -0.3 is 5.32 Å². The Morgan fingerprint density at radius 1 is 1.37 bits per heavy atom. The van der Waals surface area contributed by atoms with E-state index in [9.17, 15) is 8.42 Å². The minimum absolute atomic E-state index is 0.178. The minimum Gasteiger partial charge on any atom is -0.314 e. The second kappa shape index (κ2) is 6.81. The number of piperazine rings is 1. The molecule has 2 rings (SSSR count). The maximum absolute atomic E-state index is 11.9. The SMILES string of the molecule is Cc1ccc(CNS(=O)(=O)CCN2CCNCC2)s1. The Morgan fingerprint density at radius 3 is 2.74 bits per heavy atom. The zero-order chi connectivity index (χ0) is 13.7. The Hall–Kier alpha value is -0.470. The van der Waals surface area contributed by atoms with Crippen LogP contribution < -0.4 is 10.0 Å². The first-order chi connectivity index (χ1) is 9.05. The van der Waals surface area contributed by atoms with Gasteiger partial charge in [-0.1, -0.05) is 0 Å². The first kappa shape index (κ1) is 14.9. The number of nitrogens with one attached hydrogen (secondary N) is 2. The van der Waals surface area contributed by atoms with Crippen LogP contribution in [0.15, 0.2) is 12.1 Å². The van der Waals surface area contributed by atoms with Gasteiger partial charge in [-0.3, -0.25) is 4.90 Å². The van der Waals surface area contributed by atoms with Crippen molar-refractivity contribution in [1.82, 2.24) is 14.9 Å². The van der Waals surface area contributed by atoms with Gasteiger partial charge in [0.15, 0.2) is 0 Å². The lowest BCUT2D eigenvalue weighted by molar-refractivity contribution is 0.253. The number of thiophene rings is 1. The van der Waals surface area contributed by atoms with Crippen LogP contribution in [0.5, 0.6) is 0 Å². The average molecular weight is 303 g/mol. The largest absolute Gasteiger partial charge is 0.314 e. The highest BCUT2D eigenvalue weighted by Gasteiger charge is 2.15. The smallest absolute Gasteiger partial charge is 0.213 e. The summed E-state index contributed by atoms with van der Waals surface area (Å²) in [6.45, 7) is 6.79. The number of rotatable bonds is 6. The van der Waals surface area contributed by atoms with Gasteiger partial charge in [-0.05, 0) is 19.1 Å². The van der Waals surface area contributed by atoms with Crippen molar-refractivity contribution in [2.24, 2.45) is 0 Å². The molecule has 0 spiro atoms. The second-order valence-electron chi connectivity index (χ2n) is 4.74. The van der Waals surface area contributed by atoms with Gasteiger partial charge in [0.05, 0.1) is 5.75 Å². The average Bonchev–Trinajstić information content (AvgIpc) is 2.82. The lowest BCUT2D eigenvalue weighted by atomic mass is 10.4. The molecule has 1 aromatic rings. The van der Waals surface area contributed by atoms with E-state index in [0.29, 0.717) is 13.1 Å². The highest BCUT2D eigenvalue weighted by molar-refractivity contribution is 7.89. The molecule has 0 atom stereocenters. The normalized spacial score (nSPS) is 17.7. The number of sulfonamides is 1. The van der Waals surface area contributed by atoms with Crippen molar-refractivity contribution >= 4 is 21.4 Å².